The number of carbonyl (C=O) groups is 1. The zero-order valence-corrected chi connectivity index (χ0v) is 12.4. The summed E-state index contributed by atoms with van der Waals surface area (Å²) in [6.45, 7) is 2.71. The van der Waals surface area contributed by atoms with Crippen LogP contribution < -0.4 is 15.4 Å². The molecule has 116 valence electrons. The number of fused-ring (bicyclic) bond motifs is 1. The van der Waals surface area contributed by atoms with Gasteiger partial charge in [-0.2, -0.15) is 0 Å². The molecule has 2 aromatic rings. The molecule has 5 heteroatoms. The molecule has 5 nitrogen and oxygen atoms in total. The third-order valence-corrected chi connectivity index (χ3v) is 3.65. The molecule has 0 radical (unpaired) electrons. The monoisotopic (exact) mass is 300 g/mol. The molecule has 3 rings (SSSR count). The molecule has 1 amide bonds. The van der Waals surface area contributed by atoms with Gasteiger partial charge in [-0.3, -0.25) is 4.79 Å². The molecule has 0 saturated carbocycles. The summed E-state index contributed by atoms with van der Waals surface area (Å²) < 4.78 is 11.1. The SMILES string of the molecule is O=C(NCCOc1cccc2ccccc12)C1COCCN1. The van der Waals surface area contributed by atoms with Crippen LogP contribution >= 0.6 is 0 Å². The van der Waals surface area contributed by atoms with Crippen LogP contribution in [0, 0.1) is 0 Å². The fraction of sp³-hybridized carbons (Fsp3) is 0.353. The highest BCUT2D eigenvalue weighted by molar-refractivity contribution is 5.88. The first kappa shape index (κ1) is 14.8. The Morgan fingerprint density at radius 1 is 1.27 bits per heavy atom. The molecule has 22 heavy (non-hydrogen) atoms. The van der Waals surface area contributed by atoms with Crippen molar-refractivity contribution in [2.75, 3.05) is 32.9 Å². The maximum atomic E-state index is 11.9. The highest BCUT2D eigenvalue weighted by Crippen LogP contribution is 2.24. The first-order valence-electron chi connectivity index (χ1n) is 7.54. The zero-order valence-electron chi connectivity index (χ0n) is 12.4. The van der Waals surface area contributed by atoms with Gasteiger partial charge in [0.05, 0.1) is 19.8 Å². The second-order valence-corrected chi connectivity index (χ2v) is 5.20. The minimum Gasteiger partial charge on any atom is -0.491 e. The summed E-state index contributed by atoms with van der Waals surface area (Å²) in [5.41, 5.74) is 0. The fourth-order valence-electron chi connectivity index (χ4n) is 2.51. The molecule has 2 N–H and O–H groups in total. The van der Waals surface area contributed by atoms with E-state index in [0.717, 1.165) is 16.5 Å². The Labute approximate surface area is 129 Å². The van der Waals surface area contributed by atoms with Crippen LogP contribution in [0.1, 0.15) is 0 Å². The summed E-state index contributed by atoms with van der Waals surface area (Å²) in [6, 6.07) is 13.8. The van der Waals surface area contributed by atoms with Crippen molar-refractivity contribution in [3.8, 4) is 5.75 Å². The maximum Gasteiger partial charge on any atom is 0.239 e. The number of morpholine rings is 1. The Morgan fingerprint density at radius 2 is 2.14 bits per heavy atom. The quantitative estimate of drug-likeness (QED) is 0.818. The van der Waals surface area contributed by atoms with Crippen LogP contribution in [0.2, 0.25) is 0 Å². The molecule has 1 atom stereocenters. The number of carbonyl (C=O) groups excluding carboxylic acids is 1. The number of benzene rings is 2. The van der Waals surface area contributed by atoms with Crippen molar-refractivity contribution in [2.24, 2.45) is 0 Å². The number of rotatable bonds is 5. The molecule has 1 fully saturated rings. The molecule has 0 bridgehead atoms. The number of ether oxygens (including phenoxy) is 2. The summed E-state index contributed by atoms with van der Waals surface area (Å²) in [7, 11) is 0. The first-order valence-corrected chi connectivity index (χ1v) is 7.54. The van der Waals surface area contributed by atoms with Gasteiger partial charge in [-0.15, -0.1) is 0 Å². The average molecular weight is 300 g/mol. The fourth-order valence-corrected chi connectivity index (χ4v) is 2.51. The molecule has 1 heterocycles. The molecule has 0 aromatic heterocycles. The van der Waals surface area contributed by atoms with E-state index in [1.165, 1.54) is 0 Å². The van der Waals surface area contributed by atoms with Gasteiger partial charge in [0, 0.05) is 11.9 Å². The summed E-state index contributed by atoms with van der Waals surface area (Å²) in [5, 5.41) is 8.22. The van der Waals surface area contributed by atoms with Gasteiger partial charge in [0.1, 0.15) is 18.4 Å². The van der Waals surface area contributed by atoms with Crippen molar-refractivity contribution in [2.45, 2.75) is 6.04 Å². The molecule has 2 aromatic carbocycles. The lowest BCUT2D eigenvalue weighted by Crippen LogP contribution is -2.51. The molecule has 1 aliphatic heterocycles. The van der Waals surface area contributed by atoms with E-state index in [1.54, 1.807) is 0 Å². The highest BCUT2D eigenvalue weighted by atomic mass is 16.5. The van der Waals surface area contributed by atoms with Crippen molar-refractivity contribution in [3.63, 3.8) is 0 Å². The van der Waals surface area contributed by atoms with Crippen LogP contribution in [-0.2, 0) is 9.53 Å². The van der Waals surface area contributed by atoms with Gasteiger partial charge in [0.25, 0.3) is 0 Å². The van der Waals surface area contributed by atoms with Gasteiger partial charge >= 0.3 is 0 Å². The number of nitrogens with one attached hydrogen (secondary N) is 2. The second kappa shape index (κ2) is 7.24. The number of hydrogen-bond donors (Lipinski definition) is 2. The summed E-state index contributed by atoms with van der Waals surface area (Å²) in [5.74, 6) is 0.799. The van der Waals surface area contributed by atoms with Gasteiger partial charge in [0.2, 0.25) is 5.91 Å². The third kappa shape index (κ3) is 3.55. The number of hydrogen-bond acceptors (Lipinski definition) is 4. The molecular formula is C17H20N2O3. The second-order valence-electron chi connectivity index (χ2n) is 5.20. The third-order valence-electron chi connectivity index (χ3n) is 3.65. The van der Waals surface area contributed by atoms with Crippen LogP contribution in [0.25, 0.3) is 10.8 Å². The van der Waals surface area contributed by atoms with Crippen molar-refractivity contribution >= 4 is 16.7 Å². The van der Waals surface area contributed by atoms with Crippen LogP contribution in [0.5, 0.6) is 5.75 Å². The minimum absolute atomic E-state index is 0.0405. The molecule has 0 aliphatic carbocycles. The van der Waals surface area contributed by atoms with Crippen LogP contribution in [0.3, 0.4) is 0 Å². The maximum absolute atomic E-state index is 11.9. The Kier molecular flexibility index (Phi) is 4.88. The van der Waals surface area contributed by atoms with Gasteiger partial charge in [-0.05, 0) is 11.5 Å². The van der Waals surface area contributed by atoms with E-state index in [0.29, 0.717) is 32.9 Å². The Bertz CT molecular complexity index is 633. The van der Waals surface area contributed by atoms with Gasteiger partial charge < -0.3 is 20.1 Å². The Hall–Kier alpha value is -2.11. The average Bonchev–Trinajstić information content (AvgIpc) is 2.59. The topological polar surface area (TPSA) is 59.6 Å². The molecular weight excluding hydrogens is 280 g/mol. The standard InChI is InChI=1S/C17H20N2O3/c20-17(15-12-21-10-8-18-15)19-9-11-22-16-7-3-5-13-4-1-2-6-14(13)16/h1-7,15,18H,8-12H2,(H,19,20). The van der Waals surface area contributed by atoms with E-state index in [9.17, 15) is 4.79 Å². The normalized spacial score (nSPS) is 18.1. The van der Waals surface area contributed by atoms with Crippen molar-refractivity contribution in [3.05, 3.63) is 42.5 Å². The molecule has 1 unspecified atom stereocenters. The summed E-state index contributed by atoms with van der Waals surface area (Å²) >= 11 is 0. The highest BCUT2D eigenvalue weighted by Gasteiger charge is 2.20. The predicted molar refractivity (Wildman–Crippen MR) is 85.1 cm³/mol. The number of amides is 1. The lowest BCUT2D eigenvalue weighted by Gasteiger charge is -2.22. The first-order chi connectivity index (χ1) is 10.8. The lowest BCUT2D eigenvalue weighted by atomic mass is 10.1. The van der Waals surface area contributed by atoms with Crippen molar-refractivity contribution in [1.82, 2.24) is 10.6 Å². The largest absolute Gasteiger partial charge is 0.491 e. The Balaban J connectivity index is 1.49. The summed E-state index contributed by atoms with van der Waals surface area (Å²) in [6.07, 6.45) is 0. The van der Waals surface area contributed by atoms with Crippen LogP contribution in [0.4, 0.5) is 0 Å². The molecule has 1 saturated heterocycles. The smallest absolute Gasteiger partial charge is 0.239 e. The van der Waals surface area contributed by atoms with Gasteiger partial charge in [0.15, 0.2) is 0 Å². The van der Waals surface area contributed by atoms with Crippen molar-refractivity contribution in [1.29, 1.82) is 0 Å². The Morgan fingerprint density at radius 3 is 3.00 bits per heavy atom. The lowest BCUT2D eigenvalue weighted by molar-refractivity contribution is -0.126. The van der Waals surface area contributed by atoms with E-state index < -0.39 is 0 Å². The van der Waals surface area contributed by atoms with E-state index in [2.05, 4.69) is 22.8 Å². The molecule has 0 spiro atoms. The zero-order chi connectivity index (χ0) is 15.2. The van der Waals surface area contributed by atoms with E-state index in [-0.39, 0.29) is 11.9 Å². The minimum atomic E-state index is -0.258. The summed E-state index contributed by atoms with van der Waals surface area (Å²) in [4.78, 5) is 11.9. The van der Waals surface area contributed by atoms with Crippen LogP contribution in [0.15, 0.2) is 42.5 Å². The van der Waals surface area contributed by atoms with E-state index in [4.69, 9.17) is 9.47 Å². The van der Waals surface area contributed by atoms with Gasteiger partial charge in [-0.25, -0.2) is 0 Å². The predicted octanol–water partition coefficient (Wildman–Crippen LogP) is 1.32. The van der Waals surface area contributed by atoms with Crippen LogP contribution in [-0.4, -0.2) is 44.9 Å². The van der Waals surface area contributed by atoms with E-state index in [1.807, 2.05) is 30.3 Å². The molecule has 1 aliphatic rings. The van der Waals surface area contributed by atoms with Gasteiger partial charge in [-0.1, -0.05) is 36.4 Å². The van der Waals surface area contributed by atoms with Crippen molar-refractivity contribution < 1.29 is 14.3 Å². The van der Waals surface area contributed by atoms with E-state index >= 15 is 0 Å².